The van der Waals surface area contributed by atoms with E-state index in [1.807, 2.05) is 29.2 Å². The van der Waals surface area contributed by atoms with Crippen molar-refractivity contribution in [2.24, 2.45) is 0 Å². The molecule has 7 nitrogen and oxygen atoms in total. The number of amides is 2. The van der Waals surface area contributed by atoms with Crippen LogP contribution in [-0.2, 0) is 19.7 Å². The van der Waals surface area contributed by atoms with Gasteiger partial charge in [-0.1, -0.05) is 18.2 Å². The van der Waals surface area contributed by atoms with Crippen LogP contribution in [0, 0.1) is 5.82 Å². The summed E-state index contributed by atoms with van der Waals surface area (Å²) in [6.45, 7) is 2.14. The zero-order valence-electron chi connectivity index (χ0n) is 18.6. The molecule has 3 heterocycles. The average Bonchev–Trinajstić information content (AvgIpc) is 3.41. The Hall–Kier alpha value is -3.13. The van der Waals surface area contributed by atoms with Crippen LogP contribution in [0.2, 0.25) is 0 Å². The van der Waals surface area contributed by atoms with Gasteiger partial charge >= 0.3 is 6.09 Å². The Labute approximate surface area is 192 Å². The Morgan fingerprint density at radius 1 is 1.06 bits per heavy atom. The van der Waals surface area contributed by atoms with E-state index >= 15 is 0 Å². The van der Waals surface area contributed by atoms with Crippen LogP contribution in [0.1, 0.15) is 24.8 Å². The molecule has 2 aromatic carbocycles. The maximum absolute atomic E-state index is 13.9. The summed E-state index contributed by atoms with van der Waals surface area (Å²) < 4.78 is 30.3. The maximum atomic E-state index is 13.9. The lowest BCUT2D eigenvalue weighted by molar-refractivity contribution is -0.141. The molecule has 174 valence electrons. The molecule has 0 aromatic heterocycles. The minimum Gasteiger partial charge on any atom is -0.497 e. The van der Waals surface area contributed by atoms with Crippen molar-refractivity contribution in [1.82, 2.24) is 4.90 Å². The topological polar surface area (TPSA) is 68.3 Å². The minimum atomic E-state index is -0.786. The van der Waals surface area contributed by atoms with Gasteiger partial charge in [-0.25, -0.2) is 9.18 Å². The third-order valence-electron chi connectivity index (χ3n) is 7.09. The van der Waals surface area contributed by atoms with Crippen molar-refractivity contribution >= 4 is 17.7 Å². The minimum absolute atomic E-state index is 0.0353. The average molecular weight is 454 g/mol. The van der Waals surface area contributed by atoms with Crippen molar-refractivity contribution in [3.63, 3.8) is 0 Å². The molecule has 0 unspecified atom stereocenters. The highest BCUT2D eigenvalue weighted by molar-refractivity contribution is 5.91. The lowest BCUT2D eigenvalue weighted by atomic mass is 9.73. The molecule has 0 saturated carbocycles. The predicted octanol–water partition coefficient (Wildman–Crippen LogP) is 3.51. The molecule has 8 heteroatoms. The molecule has 2 amide bonds. The number of ether oxygens (including phenoxy) is 3. The highest BCUT2D eigenvalue weighted by Crippen LogP contribution is 2.41. The molecule has 2 aromatic rings. The third-order valence-corrected chi connectivity index (χ3v) is 7.09. The smallest absolute Gasteiger partial charge is 0.415 e. The van der Waals surface area contributed by atoms with Crippen molar-refractivity contribution in [2.45, 2.75) is 30.3 Å². The van der Waals surface area contributed by atoms with Gasteiger partial charge < -0.3 is 19.1 Å². The summed E-state index contributed by atoms with van der Waals surface area (Å²) in [5, 5.41) is 0. The lowest BCUT2D eigenvalue weighted by Crippen LogP contribution is -2.50. The molecule has 3 aliphatic heterocycles. The van der Waals surface area contributed by atoms with Crippen LogP contribution in [0.4, 0.5) is 14.9 Å². The van der Waals surface area contributed by atoms with Crippen LogP contribution in [-0.4, -0.2) is 62.5 Å². The first kappa shape index (κ1) is 21.7. The highest BCUT2D eigenvalue weighted by atomic mass is 19.1. The molecule has 33 heavy (non-hydrogen) atoms. The van der Waals surface area contributed by atoms with Gasteiger partial charge in [0.25, 0.3) is 0 Å². The number of benzene rings is 2. The molecule has 1 atom stereocenters. The summed E-state index contributed by atoms with van der Waals surface area (Å²) in [6, 6.07) is 13.6. The number of hydrogen-bond donors (Lipinski definition) is 0. The molecule has 0 aliphatic carbocycles. The number of hydrogen-bond acceptors (Lipinski definition) is 5. The third kappa shape index (κ3) is 3.82. The largest absolute Gasteiger partial charge is 0.497 e. The van der Waals surface area contributed by atoms with Gasteiger partial charge in [-0.05, 0) is 48.7 Å². The monoisotopic (exact) mass is 454 g/mol. The fourth-order valence-electron chi connectivity index (χ4n) is 5.25. The number of halogens is 1. The fraction of sp³-hybridized carbons (Fsp3) is 0.440. The number of carbonyl (C=O) groups is 2. The Kier molecular flexibility index (Phi) is 5.48. The van der Waals surface area contributed by atoms with Crippen LogP contribution in [0.15, 0.2) is 48.5 Å². The van der Waals surface area contributed by atoms with E-state index in [-0.39, 0.29) is 12.5 Å². The van der Waals surface area contributed by atoms with Gasteiger partial charge in [-0.2, -0.15) is 0 Å². The molecule has 3 saturated heterocycles. The Morgan fingerprint density at radius 2 is 1.82 bits per heavy atom. The Morgan fingerprint density at radius 3 is 2.52 bits per heavy atom. The molecular formula is C25H27FN2O5. The number of methoxy groups -OCH3 is 1. The summed E-state index contributed by atoms with van der Waals surface area (Å²) in [7, 11) is 1.62. The van der Waals surface area contributed by atoms with E-state index in [1.54, 1.807) is 19.2 Å². The second kappa shape index (κ2) is 8.33. The van der Waals surface area contributed by atoms with Crippen molar-refractivity contribution in [1.29, 1.82) is 0 Å². The van der Waals surface area contributed by atoms with Gasteiger partial charge in [0.1, 0.15) is 11.6 Å². The molecule has 5 rings (SSSR count). The first-order valence-electron chi connectivity index (χ1n) is 11.2. The van der Waals surface area contributed by atoms with Gasteiger partial charge in [0, 0.05) is 26.2 Å². The van der Waals surface area contributed by atoms with Gasteiger partial charge in [0.15, 0.2) is 5.60 Å². The van der Waals surface area contributed by atoms with E-state index < -0.39 is 22.9 Å². The molecule has 3 aliphatic rings. The molecule has 3 fully saturated rings. The zero-order valence-corrected chi connectivity index (χ0v) is 18.6. The van der Waals surface area contributed by atoms with Gasteiger partial charge in [0.05, 0.1) is 31.3 Å². The molecule has 0 bridgehead atoms. The number of likely N-dealkylation sites (tertiary alicyclic amines) is 1. The second-order valence-electron chi connectivity index (χ2n) is 9.02. The van der Waals surface area contributed by atoms with E-state index in [2.05, 4.69) is 0 Å². The second-order valence-corrected chi connectivity index (χ2v) is 9.02. The lowest BCUT2D eigenvalue weighted by Gasteiger charge is -2.39. The van der Waals surface area contributed by atoms with Crippen LogP contribution in [0.25, 0.3) is 0 Å². The number of rotatable bonds is 4. The summed E-state index contributed by atoms with van der Waals surface area (Å²) in [5.74, 6) is 0.363. The van der Waals surface area contributed by atoms with Gasteiger partial charge in [-0.15, -0.1) is 0 Å². The van der Waals surface area contributed by atoms with Gasteiger partial charge in [-0.3, -0.25) is 9.69 Å². The van der Waals surface area contributed by atoms with E-state index in [1.165, 1.54) is 17.0 Å². The van der Waals surface area contributed by atoms with E-state index in [0.29, 0.717) is 51.3 Å². The van der Waals surface area contributed by atoms with E-state index in [0.717, 1.165) is 11.3 Å². The van der Waals surface area contributed by atoms with E-state index in [4.69, 9.17) is 14.2 Å². The fourth-order valence-corrected chi connectivity index (χ4v) is 5.25. The standard InChI is InChI=1S/C25H27FN2O5/c1-31-21-7-5-18(6-8-21)25(10-13-32-14-11-25)22(29)27-12-9-24(16-27)17-28(23(30)33-24)20-4-2-3-19(26)15-20/h2-8,15H,9-14,16-17H2,1H3/t24-/m1/s1. The molecule has 0 radical (unpaired) electrons. The SMILES string of the molecule is COc1ccc(C2(C(=O)N3CC[C@@]4(C3)CN(c3cccc(F)c3)C(=O)O4)CCOCC2)cc1. The van der Waals surface area contributed by atoms with Crippen LogP contribution >= 0.6 is 0 Å². The normalized spacial score (nSPS) is 24.2. The summed E-state index contributed by atoms with van der Waals surface area (Å²) >= 11 is 0. The number of anilines is 1. The van der Waals surface area contributed by atoms with Crippen molar-refractivity contribution in [3.8, 4) is 5.75 Å². The Bertz CT molecular complexity index is 1050. The molecular weight excluding hydrogens is 427 g/mol. The summed E-state index contributed by atoms with van der Waals surface area (Å²) in [5.41, 5.74) is -0.0604. The zero-order chi connectivity index (χ0) is 23.1. The number of nitrogens with zero attached hydrogens (tertiary/aromatic N) is 2. The van der Waals surface area contributed by atoms with Crippen molar-refractivity contribution in [3.05, 3.63) is 59.9 Å². The number of carbonyl (C=O) groups excluding carboxylic acids is 2. The van der Waals surface area contributed by atoms with Gasteiger partial charge in [0.2, 0.25) is 5.91 Å². The van der Waals surface area contributed by atoms with Crippen molar-refractivity contribution < 1.29 is 28.2 Å². The van der Waals surface area contributed by atoms with E-state index in [9.17, 15) is 14.0 Å². The maximum Gasteiger partial charge on any atom is 0.415 e. The van der Waals surface area contributed by atoms with Crippen LogP contribution < -0.4 is 9.64 Å². The van der Waals surface area contributed by atoms with Crippen LogP contribution in [0.5, 0.6) is 5.75 Å². The predicted molar refractivity (Wildman–Crippen MR) is 119 cm³/mol. The Balaban J connectivity index is 1.37. The quantitative estimate of drug-likeness (QED) is 0.707. The highest BCUT2D eigenvalue weighted by Gasteiger charge is 2.54. The first-order valence-corrected chi connectivity index (χ1v) is 11.2. The molecule has 1 spiro atoms. The molecule has 0 N–H and O–H groups in total. The summed E-state index contributed by atoms with van der Waals surface area (Å²) in [4.78, 5) is 29.8. The first-order chi connectivity index (χ1) is 15.9. The summed E-state index contributed by atoms with van der Waals surface area (Å²) in [6.07, 6.45) is 1.23. The van der Waals surface area contributed by atoms with Crippen LogP contribution in [0.3, 0.4) is 0 Å². The van der Waals surface area contributed by atoms with Crippen molar-refractivity contribution in [2.75, 3.05) is 44.9 Å².